The molecule has 5 aromatic rings. The number of aliphatic hydroxyl groups excluding tert-OH is 3. The Balaban J connectivity index is 1.09. The van der Waals surface area contributed by atoms with Crippen molar-refractivity contribution in [1.82, 2.24) is 35.1 Å². The van der Waals surface area contributed by atoms with E-state index in [1.165, 1.54) is 30.5 Å². The molecule has 3 aromatic carbocycles. The summed E-state index contributed by atoms with van der Waals surface area (Å²) in [6.07, 6.45) is -1.21. The predicted octanol–water partition coefficient (Wildman–Crippen LogP) is 0.477. The van der Waals surface area contributed by atoms with E-state index in [4.69, 9.17) is 15.1 Å². The fraction of sp³-hybridized carbons (Fsp3) is 0.333. The number of aliphatic hydroxyl groups is 3. The highest BCUT2D eigenvalue weighted by Crippen LogP contribution is 2.40. The number of aromatic nitrogens is 4. The molecule has 1 saturated carbocycles. The molecule has 0 spiro atoms. The maximum atomic E-state index is 13.1. The number of hydrogen-bond acceptors (Lipinski definition) is 15. The summed E-state index contributed by atoms with van der Waals surface area (Å²) in [5.41, 5.74) is 2.43. The van der Waals surface area contributed by atoms with Gasteiger partial charge in [-0.05, 0) is 66.4 Å². The summed E-state index contributed by atoms with van der Waals surface area (Å²) in [5.74, 6) is -0.457. The van der Waals surface area contributed by atoms with Crippen LogP contribution in [0.15, 0.2) is 83.9 Å². The van der Waals surface area contributed by atoms with Crippen LogP contribution in [-0.4, -0.2) is 133 Å². The van der Waals surface area contributed by atoms with E-state index in [1.54, 1.807) is 53.1 Å². The number of imide groups is 1. The van der Waals surface area contributed by atoms with Crippen molar-refractivity contribution in [2.24, 2.45) is 5.14 Å². The molecule has 11 N–H and O–H groups in total. The number of nitrogens with two attached hydrogens (primary N) is 1. The molecular weight excluding hydrogens is 815 g/mol. The minimum atomic E-state index is -3.98. The standard InChI is InChI=1S/C39H43N11O10S/c40-61(59,60)26-3-1-2-22(14-26)43-38(57)44-23-12-13-48(18-23)36-42-17-28-34(47-36)49(30-15-31(33(55)32(30)54)50-35(56)29(19-51)46-39(50)58)37(45-28)41-16-27(20-4-8-24(52)9-5-20)21-6-10-25(53)11-7-21/h1-11,14,17,23,27,29-33,51-55H,12-13,15-16,18-19H2,(H,41,45)(H,46,58)(H2,40,59,60)(H2,43,44,57)/t23-,29?,30-,31+,32+,33-/m1/s1. The molecule has 61 heavy (non-hydrogen) atoms. The molecular formula is C39H43N11O10S. The number of hydrogen-bond donors (Lipinski definition) is 10. The minimum absolute atomic E-state index is 0.0765. The van der Waals surface area contributed by atoms with Crippen LogP contribution in [0, 0.1) is 0 Å². The van der Waals surface area contributed by atoms with Gasteiger partial charge in [0, 0.05) is 37.3 Å². The normalized spacial score (nSPS) is 22.9. The molecule has 22 heteroatoms. The van der Waals surface area contributed by atoms with Crippen molar-refractivity contribution >= 4 is 56.7 Å². The number of imidazole rings is 1. The zero-order chi connectivity index (χ0) is 43.2. The Kier molecular flexibility index (Phi) is 11.1. The highest BCUT2D eigenvalue weighted by molar-refractivity contribution is 7.89. The number of rotatable bonds is 12. The van der Waals surface area contributed by atoms with Crippen LogP contribution in [0.1, 0.15) is 35.9 Å². The molecule has 1 aliphatic carbocycles. The van der Waals surface area contributed by atoms with Gasteiger partial charge >= 0.3 is 12.1 Å². The second-order valence-electron chi connectivity index (χ2n) is 15.1. The maximum Gasteiger partial charge on any atom is 0.325 e. The SMILES string of the molecule is NS(=O)(=O)c1cccc(NC(=O)N[C@@H]2CCN(c3ncc4nc(NCC(c5ccc(O)cc5)c5ccc(O)cc5)n([C@@H]5C[C@H](N6C(=O)NC(CO)C6=O)[C@@H](O)[C@H]5O)c4n3)C2)c1. The van der Waals surface area contributed by atoms with E-state index in [0.29, 0.717) is 25.0 Å². The number of nitrogens with one attached hydrogen (secondary N) is 4. The average molecular weight is 858 g/mol. The second kappa shape index (κ2) is 16.5. The zero-order valence-corrected chi connectivity index (χ0v) is 33.1. The van der Waals surface area contributed by atoms with Gasteiger partial charge in [-0.25, -0.2) is 33.1 Å². The van der Waals surface area contributed by atoms with Crippen molar-refractivity contribution in [3.63, 3.8) is 0 Å². The summed E-state index contributed by atoms with van der Waals surface area (Å²) in [6, 6.07) is 13.7. The lowest BCUT2D eigenvalue weighted by Crippen LogP contribution is -2.47. The maximum absolute atomic E-state index is 13.1. The molecule has 3 aliphatic rings. The van der Waals surface area contributed by atoms with Crippen LogP contribution in [0.3, 0.4) is 0 Å². The predicted molar refractivity (Wildman–Crippen MR) is 218 cm³/mol. The third kappa shape index (κ3) is 8.30. The van der Waals surface area contributed by atoms with Gasteiger partial charge in [0.15, 0.2) is 5.65 Å². The van der Waals surface area contributed by atoms with Gasteiger partial charge in [-0.15, -0.1) is 0 Å². The third-order valence-electron chi connectivity index (χ3n) is 11.2. The zero-order valence-electron chi connectivity index (χ0n) is 32.2. The summed E-state index contributed by atoms with van der Waals surface area (Å²) in [4.78, 5) is 55.7. The fourth-order valence-corrected chi connectivity index (χ4v) is 8.71. The van der Waals surface area contributed by atoms with Gasteiger partial charge in [-0.3, -0.25) is 14.3 Å². The Bertz CT molecular complexity index is 2530. The van der Waals surface area contributed by atoms with Crippen molar-refractivity contribution in [3.8, 4) is 11.5 Å². The van der Waals surface area contributed by atoms with Crippen molar-refractivity contribution in [1.29, 1.82) is 0 Å². The molecule has 21 nitrogen and oxygen atoms in total. The highest BCUT2D eigenvalue weighted by atomic mass is 32.2. The molecule has 4 heterocycles. The average Bonchev–Trinajstić information content (AvgIpc) is 3.99. The van der Waals surface area contributed by atoms with Gasteiger partial charge in [0.25, 0.3) is 5.91 Å². The summed E-state index contributed by atoms with van der Waals surface area (Å²) in [5, 5.41) is 69.2. The molecule has 5 amide bonds. The second-order valence-corrected chi connectivity index (χ2v) is 16.7. The smallest absolute Gasteiger partial charge is 0.325 e. The van der Waals surface area contributed by atoms with E-state index < -0.39 is 64.9 Å². The number of phenols is 2. The Morgan fingerprint density at radius 1 is 0.951 bits per heavy atom. The summed E-state index contributed by atoms with van der Waals surface area (Å²) < 4.78 is 25.2. The summed E-state index contributed by atoms with van der Waals surface area (Å²) in [6.45, 7) is 0.280. The lowest BCUT2D eigenvalue weighted by Gasteiger charge is -2.24. The minimum Gasteiger partial charge on any atom is -0.508 e. The first-order valence-electron chi connectivity index (χ1n) is 19.3. The van der Waals surface area contributed by atoms with Crippen molar-refractivity contribution in [2.45, 2.75) is 60.0 Å². The van der Waals surface area contributed by atoms with Gasteiger partial charge in [0.2, 0.25) is 21.9 Å². The Morgan fingerprint density at radius 3 is 2.26 bits per heavy atom. The van der Waals surface area contributed by atoms with E-state index in [9.17, 15) is 48.3 Å². The van der Waals surface area contributed by atoms with E-state index in [0.717, 1.165) is 16.0 Å². The number of fused-ring (bicyclic) bond motifs is 1. The number of sulfonamides is 1. The molecule has 320 valence electrons. The molecule has 2 saturated heterocycles. The van der Waals surface area contributed by atoms with Gasteiger partial charge in [0.1, 0.15) is 35.3 Å². The quantitative estimate of drug-likeness (QED) is 0.0763. The summed E-state index contributed by atoms with van der Waals surface area (Å²) >= 11 is 0. The molecule has 2 aromatic heterocycles. The van der Waals surface area contributed by atoms with Crippen LogP contribution in [0.5, 0.6) is 11.5 Å². The highest BCUT2D eigenvalue weighted by Gasteiger charge is 2.52. The largest absolute Gasteiger partial charge is 0.508 e. The molecule has 6 atom stereocenters. The summed E-state index contributed by atoms with van der Waals surface area (Å²) in [7, 11) is -3.98. The van der Waals surface area contributed by atoms with Crippen molar-refractivity contribution in [3.05, 3.63) is 90.1 Å². The number of amides is 5. The number of carbonyl (C=O) groups is 3. The Hall–Kier alpha value is -6.59. The Labute approximate surface area is 347 Å². The number of carbonyl (C=O) groups excluding carboxylic acids is 3. The molecule has 0 radical (unpaired) electrons. The first-order chi connectivity index (χ1) is 29.2. The number of primary sulfonamides is 1. The van der Waals surface area contributed by atoms with Crippen molar-refractivity contribution in [2.75, 3.05) is 41.8 Å². The number of nitrogens with zero attached hydrogens (tertiary/aromatic N) is 6. The molecule has 8 rings (SSSR count). The van der Waals surface area contributed by atoms with Crippen LogP contribution < -0.4 is 31.3 Å². The molecule has 2 aliphatic heterocycles. The third-order valence-corrected chi connectivity index (χ3v) is 12.1. The molecule has 0 bridgehead atoms. The first-order valence-corrected chi connectivity index (χ1v) is 20.9. The number of phenolic OH excluding ortho intramolecular Hbond substituents is 2. The van der Waals surface area contributed by atoms with Crippen molar-refractivity contribution < 1.29 is 48.3 Å². The van der Waals surface area contributed by atoms with E-state index in [1.807, 2.05) is 4.90 Å². The van der Waals surface area contributed by atoms with Gasteiger partial charge < -0.3 is 51.7 Å². The number of anilines is 3. The van der Waals surface area contributed by atoms with Crippen LogP contribution >= 0.6 is 0 Å². The lowest BCUT2D eigenvalue weighted by atomic mass is 9.91. The monoisotopic (exact) mass is 857 g/mol. The topological polar surface area (TPSA) is 311 Å². The lowest BCUT2D eigenvalue weighted by molar-refractivity contribution is -0.131. The number of aromatic hydroxyl groups is 2. The van der Waals surface area contributed by atoms with E-state index in [-0.39, 0.29) is 64.6 Å². The van der Waals surface area contributed by atoms with E-state index in [2.05, 4.69) is 26.3 Å². The Morgan fingerprint density at radius 2 is 1.62 bits per heavy atom. The van der Waals surface area contributed by atoms with Crippen LogP contribution in [-0.2, 0) is 14.8 Å². The van der Waals surface area contributed by atoms with Crippen LogP contribution in [0.2, 0.25) is 0 Å². The fourth-order valence-electron chi connectivity index (χ4n) is 8.15. The molecule has 1 unspecified atom stereocenters. The van der Waals surface area contributed by atoms with Crippen LogP contribution in [0.25, 0.3) is 11.2 Å². The van der Waals surface area contributed by atoms with Gasteiger partial charge in [-0.2, -0.15) is 4.98 Å². The van der Waals surface area contributed by atoms with E-state index >= 15 is 0 Å². The first kappa shape index (κ1) is 41.2. The number of benzene rings is 3. The van der Waals surface area contributed by atoms with Gasteiger partial charge in [-0.1, -0.05) is 30.3 Å². The van der Waals surface area contributed by atoms with Gasteiger partial charge in [0.05, 0.1) is 29.8 Å². The number of urea groups is 2. The van der Waals surface area contributed by atoms with Crippen LogP contribution in [0.4, 0.5) is 27.2 Å². The molecule has 3 fully saturated rings.